The molecule has 0 aliphatic carbocycles. The first kappa shape index (κ1) is 32.1. The topological polar surface area (TPSA) is 127 Å². The van der Waals surface area contributed by atoms with Crippen molar-refractivity contribution in [2.24, 2.45) is 13.5 Å². The lowest BCUT2D eigenvalue weighted by atomic mass is 10.0. The largest absolute Gasteiger partial charge is 0.460 e. The van der Waals surface area contributed by atoms with Crippen molar-refractivity contribution in [3.63, 3.8) is 0 Å². The van der Waals surface area contributed by atoms with Gasteiger partial charge in [0.1, 0.15) is 47.1 Å². The summed E-state index contributed by atoms with van der Waals surface area (Å²) in [7, 11) is -12.0. The van der Waals surface area contributed by atoms with Gasteiger partial charge in [-0.1, -0.05) is 86.3 Å². The number of fused-ring (bicyclic) bond motifs is 6. The van der Waals surface area contributed by atoms with Gasteiger partial charge in [0.2, 0.25) is 0 Å². The highest BCUT2D eigenvalue weighted by molar-refractivity contribution is 7.79. The number of para-hydroxylation sites is 4. The van der Waals surface area contributed by atoms with Gasteiger partial charge in [0.25, 0.3) is 0 Å². The van der Waals surface area contributed by atoms with Crippen LogP contribution in [-0.2, 0) is 0 Å². The molecule has 0 fully saturated rings. The van der Waals surface area contributed by atoms with Crippen molar-refractivity contribution in [3.8, 4) is 56.8 Å². The third kappa shape index (κ3) is 5.89. The number of nitrogens with zero attached hydrogens (tertiary/aromatic N) is 3. The normalized spacial score (nSPS) is 16.2. The highest BCUT2D eigenvalue weighted by Crippen LogP contribution is 2.80. The Morgan fingerprint density at radius 1 is 0.404 bits per heavy atom. The van der Waals surface area contributed by atoms with Crippen LogP contribution >= 0.6 is 23.0 Å². The first-order valence-electron chi connectivity index (χ1n) is 16.0. The summed E-state index contributed by atoms with van der Waals surface area (Å²) in [6.45, 7) is 0. The van der Waals surface area contributed by atoms with Gasteiger partial charge in [0, 0.05) is 33.4 Å². The first-order chi connectivity index (χ1) is 25.5. The maximum absolute atomic E-state index is 11.5. The zero-order chi connectivity index (χ0) is 35.2. The minimum atomic E-state index is -4.06. The Labute approximate surface area is 298 Å². The molecule has 3 heterocycles. The van der Waals surface area contributed by atoms with E-state index >= 15 is 0 Å². The molecule has 6 aromatic carbocycles. The molecule has 0 saturated carbocycles. The Morgan fingerprint density at radius 2 is 0.731 bits per heavy atom. The smallest absolute Gasteiger partial charge is 0.413 e. The van der Waals surface area contributed by atoms with Crippen LogP contribution in [0.2, 0.25) is 0 Å². The van der Waals surface area contributed by atoms with E-state index in [2.05, 4.69) is 0 Å². The second-order valence-electron chi connectivity index (χ2n) is 11.6. The Balaban J connectivity index is 1.36. The molecule has 11 nitrogen and oxygen atoms in total. The van der Waals surface area contributed by atoms with Crippen LogP contribution in [0.25, 0.3) is 22.3 Å². The monoisotopic (exact) mass is 745 g/mol. The molecule has 52 heavy (non-hydrogen) atoms. The van der Waals surface area contributed by atoms with Crippen molar-refractivity contribution in [2.75, 3.05) is 0 Å². The van der Waals surface area contributed by atoms with Crippen LogP contribution in [0.15, 0.2) is 159 Å². The molecule has 0 atom stereocenters. The minimum absolute atomic E-state index is 0.292. The van der Waals surface area contributed by atoms with Crippen molar-refractivity contribution >= 4 is 35.5 Å². The number of carbonyl (C=O) groups is 2. The highest BCUT2D eigenvalue weighted by Gasteiger charge is 2.50. The number of hydrogen-bond donors (Lipinski definition) is 0. The van der Waals surface area contributed by atoms with E-state index in [0.717, 1.165) is 34.8 Å². The van der Waals surface area contributed by atoms with E-state index < -0.39 is 23.0 Å². The standard InChI is InChI=1S/C38H26N3O8P3/c42-25-27-17-21-29(22-18-27)44-50(45-30-23-19-28(26-43)20-24-30)39-51(46-35-13-5-1-9-31(35)32-10-2-6-14-36(32)47-51)41-52(40-50)48-37-15-7-3-11-33(37)34-12-4-8-16-38(34)49-52/h1-26H. The average molecular weight is 746 g/mol. The van der Waals surface area contributed by atoms with E-state index in [-0.39, 0.29) is 0 Å². The van der Waals surface area contributed by atoms with Crippen molar-refractivity contribution in [2.45, 2.75) is 0 Å². The molecule has 0 bridgehead atoms. The second-order valence-corrected chi connectivity index (χ2v) is 17.8. The van der Waals surface area contributed by atoms with E-state index in [1.54, 1.807) is 48.5 Å². The highest BCUT2D eigenvalue weighted by atomic mass is 31.3. The molecular formula is C38H26N3O8P3. The van der Waals surface area contributed by atoms with Gasteiger partial charge in [-0.2, -0.15) is 0 Å². The Morgan fingerprint density at radius 3 is 1.08 bits per heavy atom. The van der Waals surface area contributed by atoms with Gasteiger partial charge in [-0.25, -0.2) is 0 Å². The van der Waals surface area contributed by atoms with Gasteiger partial charge in [-0.3, -0.25) is 9.59 Å². The fraction of sp³-hybridized carbons (Fsp3) is 0. The summed E-state index contributed by atoms with van der Waals surface area (Å²) in [5.74, 6) is 2.45. The Bertz CT molecular complexity index is 2320. The number of hydrogen-bond acceptors (Lipinski definition) is 11. The third-order valence-corrected chi connectivity index (χ3v) is 16.2. The summed E-state index contributed by atoms with van der Waals surface area (Å²) >= 11 is 0. The lowest BCUT2D eigenvalue weighted by Crippen LogP contribution is -2.10. The summed E-state index contributed by atoms with van der Waals surface area (Å²) in [5, 5.41) is 0. The zero-order valence-corrected chi connectivity index (χ0v) is 29.6. The maximum Gasteiger partial charge on any atom is 0.460 e. The van der Waals surface area contributed by atoms with E-state index in [1.165, 1.54) is 0 Å². The molecule has 0 aromatic heterocycles. The molecule has 0 unspecified atom stereocenters. The fourth-order valence-corrected chi connectivity index (χ4v) is 15.0. The van der Waals surface area contributed by atoms with Crippen LogP contribution in [0, 0.1) is 0 Å². The summed E-state index contributed by atoms with van der Waals surface area (Å²) in [4.78, 5) is 23.1. The molecule has 0 saturated heterocycles. The Kier molecular flexibility index (Phi) is 7.85. The maximum atomic E-state index is 11.5. The third-order valence-electron chi connectivity index (χ3n) is 8.16. The second kappa shape index (κ2) is 12.7. The van der Waals surface area contributed by atoms with Gasteiger partial charge in [-0.15, -0.1) is 0 Å². The first-order valence-corrected chi connectivity index (χ1v) is 20.6. The molecule has 256 valence electrons. The molecule has 0 N–H and O–H groups in total. The van der Waals surface area contributed by atoms with Crippen LogP contribution in [0.3, 0.4) is 0 Å². The van der Waals surface area contributed by atoms with E-state index in [4.69, 9.17) is 40.7 Å². The van der Waals surface area contributed by atoms with Crippen molar-refractivity contribution < 1.29 is 36.7 Å². The van der Waals surface area contributed by atoms with Crippen LogP contribution < -0.4 is 27.1 Å². The van der Waals surface area contributed by atoms with Gasteiger partial charge >= 0.3 is 23.0 Å². The van der Waals surface area contributed by atoms with E-state index in [1.807, 2.05) is 97.1 Å². The average Bonchev–Trinajstić information content (AvgIpc) is 3.38. The predicted molar refractivity (Wildman–Crippen MR) is 199 cm³/mol. The lowest BCUT2D eigenvalue weighted by Gasteiger charge is -2.32. The molecule has 9 rings (SSSR count). The van der Waals surface area contributed by atoms with Gasteiger partial charge in [-0.05, 0) is 72.8 Å². The molecule has 3 aliphatic rings. The van der Waals surface area contributed by atoms with E-state index in [0.29, 0.717) is 45.6 Å². The molecule has 6 aromatic rings. The van der Waals surface area contributed by atoms with Crippen molar-refractivity contribution in [1.29, 1.82) is 0 Å². The summed E-state index contributed by atoms with van der Waals surface area (Å²) in [6.07, 6.45) is 1.47. The number of benzene rings is 6. The quantitative estimate of drug-likeness (QED) is 0.122. The molecule has 3 aliphatic heterocycles. The predicted octanol–water partition coefficient (Wildman–Crippen LogP) is 11.9. The Hall–Kier alpha value is -5.85. The minimum Gasteiger partial charge on any atom is -0.413 e. The summed E-state index contributed by atoms with van der Waals surface area (Å²) in [5.41, 5.74) is 3.97. The number of aldehydes is 2. The van der Waals surface area contributed by atoms with E-state index in [9.17, 15) is 9.59 Å². The van der Waals surface area contributed by atoms with Crippen LogP contribution in [0.4, 0.5) is 0 Å². The zero-order valence-electron chi connectivity index (χ0n) is 27.0. The molecule has 14 heteroatoms. The SMILES string of the molecule is O=Cc1ccc(OP2(Oc3ccc(C=O)cc3)=NP3(=NP4(=N2)Oc2ccccc2-c2ccccc2O4)Oc2ccccc2-c2ccccc2O3)cc1. The molecule has 0 amide bonds. The van der Waals surface area contributed by atoms with Gasteiger partial charge in [0.05, 0.1) is 0 Å². The molecule has 0 radical (unpaired) electrons. The van der Waals surface area contributed by atoms with Crippen LogP contribution in [0.1, 0.15) is 20.7 Å². The summed E-state index contributed by atoms with van der Waals surface area (Å²) in [6, 6.07) is 43.0. The van der Waals surface area contributed by atoms with Gasteiger partial charge in [0.15, 0.2) is 0 Å². The number of rotatable bonds is 6. The van der Waals surface area contributed by atoms with Crippen molar-refractivity contribution in [1.82, 2.24) is 0 Å². The van der Waals surface area contributed by atoms with Crippen molar-refractivity contribution in [3.05, 3.63) is 157 Å². The van der Waals surface area contributed by atoms with Crippen LogP contribution in [-0.4, -0.2) is 12.6 Å². The summed E-state index contributed by atoms with van der Waals surface area (Å²) < 4.78 is 56.4. The van der Waals surface area contributed by atoms with Gasteiger partial charge < -0.3 is 27.1 Å². The number of carbonyl (C=O) groups excluding carboxylic acids is 2. The fourth-order valence-electron chi connectivity index (χ4n) is 5.83. The van der Waals surface area contributed by atoms with Crippen LogP contribution in [0.5, 0.6) is 34.5 Å². The molecule has 2 spiro atoms. The molecular weight excluding hydrogens is 719 g/mol. The lowest BCUT2D eigenvalue weighted by molar-refractivity contribution is 0.111.